The van der Waals surface area contributed by atoms with Gasteiger partial charge in [-0.3, -0.25) is 9.78 Å². The molecule has 0 fully saturated rings. The van der Waals surface area contributed by atoms with E-state index in [2.05, 4.69) is 9.97 Å². The van der Waals surface area contributed by atoms with Crippen LogP contribution in [0.2, 0.25) is 0 Å². The summed E-state index contributed by atoms with van der Waals surface area (Å²) < 4.78 is 0. The third-order valence-corrected chi connectivity index (χ3v) is 2.57. The van der Waals surface area contributed by atoms with Gasteiger partial charge in [0.05, 0.1) is 0 Å². The van der Waals surface area contributed by atoms with Crippen LogP contribution in [0.1, 0.15) is 11.3 Å². The summed E-state index contributed by atoms with van der Waals surface area (Å²) in [6.45, 7) is 0. The van der Waals surface area contributed by atoms with Gasteiger partial charge in [0.25, 0.3) is 5.56 Å². The number of rotatable bonds is 3. The van der Waals surface area contributed by atoms with Crippen molar-refractivity contribution in [2.75, 3.05) is 5.73 Å². The monoisotopic (exact) mass is 267 g/mol. The zero-order valence-electron chi connectivity index (χ0n) is 9.60. The van der Waals surface area contributed by atoms with Crippen LogP contribution < -0.4 is 17.0 Å². The van der Waals surface area contributed by atoms with Gasteiger partial charge in [0.1, 0.15) is 5.69 Å². The average Bonchev–Trinajstić information content (AvgIpc) is 2.33. The van der Waals surface area contributed by atoms with Gasteiger partial charge in [-0.1, -0.05) is 30.3 Å². The molecule has 0 aliphatic rings. The van der Waals surface area contributed by atoms with E-state index in [1.165, 1.54) is 0 Å². The van der Waals surface area contributed by atoms with Crippen LogP contribution in [0, 0.1) is 0 Å². The fourth-order valence-corrected chi connectivity index (χ4v) is 1.65. The molecule has 0 aliphatic heterocycles. The number of anilines is 1. The molecule has 0 amide bonds. The van der Waals surface area contributed by atoms with Crippen molar-refractivity contribution in [1.82, 2.24) is 9.97 Å². The van der Waals surface area contributed by atoms with E-state index in [4.69, 9.17) is 5.73 Å². The topological polar surface area (TPSA) is 91.7 Å². The Hall–Kier alpha value is -2.01. The molecular weight excluding hydrogens is 254 g/mol. The van der Waals surface area contributed by atoms with Crippen LogP contribution in [0.5, 0.6) is 0 Å². The molecule has 0 atom stereocenters. The van der Waals surface area contributed by atoms with Gasteiger partial charge in [0, 0.05) is 5.69 Å². The van der Waals surface area contributed by atoms with E-state index in [1.54, 1.807) is 0 Å². The molecule has 0 saturated heterocycles. The molecule has 5 nitrogen and oxygen atoms in total. The van der Waals surface area contributed by atoms with Crippen molar-refractivity contribution < 1.29 is 0 Å². The van der Waals surface area contributed by atoms with Crippen LogP contribution in [0.15, 0.2) is 39.9 Å². The molecule has 1 aromatic carbocycles. The highest BCUT2D eigenvalue weighted by Crippen LogP contribution is 2.06. The Morgan fingerprint density at radius 3 is 2.33 bits per heavy atom. The molecule has 1 heterocycles. The van der Waals surface area contributed by atoms with Gasteiger partial charge < -0.3 is 10.7 Å². The molecule has 1 aromatic heterocycles. The fraction of sp³-hybridized carbons (Fsp3) is 0.167. The molecule has 2 aromatic rings. The van der Waals surface area contributed by atoms with Crippen LogP contribution in [0.25, 0.3) is 0 Å². The van der Waals surface area contributed by atoms with Gasteiger partial charge in [-0.2, -0.15) is 0 Å². The van der Waals surface area contributed by atoms with E-state index in [9.17, 15) is 9.59 Å². The first kappa shape index (κ1) is 14.1. The van der Waals surface area contributed by atoms with Crippen molar-refractivity contribution in [3.8, 4) is 0 Å². The molecule has 0 aliphatic carbocycles. The number of nitrogens with two attached hydrogens (primary N) is 1. The summed E-state index contributed by atoms with van der Waals surface area (Å²) >= 11 is 0. The van der Waals surface area contributed by atoms with E-state index < -0.39 is 11.2 Å². The highest BCUT2D eigenvalue weighted by molar-refractivity contribution is 5.85. The third kappa shape index (κ3) is 3.24. The Bertz CT molecular complexity index is 619. The number of benzene rings is 1. The average molecular weight is 268 g/mol. The maximum atomic E-state index is 11.3. The summed E-state index contributed by atoms with van der Waals surface area (Å²) in [7, 11) is 0. The fourth-order valence-electron chi connectivity index (χ4n) is 1.65. The Morgan fingerprint density at radius 1 is 1.00 bits per heavy atom. The minimum Gasteiger partial charge on any atom is -0.393 e. The molecule has 2 rings (SSSR count). The number of nitrogen functional groups attached to an aromatic ring is 1. The molecule has 4 N–H and O–H groups in total. The second kappa shape index (κ2) is 6.07. The van der Waals surface area contributed by atoms with Gasteiger partial charge in [-0.05, 0) is 18.4 Å². The molecular formula is C12H14ClN3O2. The van der Waals surface area contributed by atoms with Crippen molar-refractivity contribution in [2.24, 2.45) is 0 Å². The Balaban J connectivity index is 0.00000162. The molecule has 18 heavy (non-hydrogen) atoms. The van der Waals surface area contributed by atoms with Gasteiger partial charge in [-0.15, -0.1) is 12.4 Å². The van der Waals surface area contributed by atoms with E-state index in [-0.39, 0.29) is 18.1 Å². The van der Waals surface area contributed by atoms with Crippen molar-refractivity contribution in [2.45, 2.75) is 12.8 Å². The maximum absolute atomic E-state index is 11.3. The van der Waals surface area contributed by atoms with E-state index in [1.807, 2.05) is 30.3 Å². The predicted molar refractivity (Wildman–Crippen MR) is 73.2 cm³/mol. The minimum absolute atomic E-state index is 0. The van der Waals surface area contributed by atoms with E-state index in [0.717, 1.165) is 12.0 Å². The Kier molecular flexibility index (Phi) is 4.74. The third-order valence-electron chi connectivity index (χ3n) is 2.57. The molecule has 0 bridgehead atoms. The smallest absolute Gasteiger partial charge is 0.326 e. The van der Waals surface area contributed by atoms with Crippen LogP contribution in [0.3, 0.4) is 0 Å². The lowest BCUT2D eigenvalue weighted by Gasteiger charge is -2.04. The predicted octanol–water partition coefficient (Wildman–Crippen LogP) is 0.852. The maximum Gasteiger partial charge on any atom is 0.326 e. The normalized spacial score (nSPS) is 9.78. The number of hydrogen-bond acceptors (Lipinski definition) is 3. The first-order chi connectivity index (χ1) is 8.16. The van der Waals surface area contributed by atoms with Crippen molar-refractivity contribution in [1.29, 1.82) is 0 Å². The Morgan fingerprint density at radius 2 is 1.67 bits per heavy atom. The van der Waals surface area contributed by atoms with Gasteiger partial charge >= 0.3 is 5.69 Å². The lowest BCUT2D eigenvalue weighted by Crippen LogP contribution is -2.27. The van der Waals surface area contributed by atoms with Gasteiger partial charge in [0.15, 0.2) is 0 Å². The summed E-state index contributed by atoms with van der Waals surface area (Å²) in [4.78, 5) is 27.0. The summed E-state index contributed by atoms with van der Waals surface area (Å²) in [6.07, 6.45) is 1.26. The van der Waals surface area contributed by atoms with Crippen LogP contribution in [0.4, 0.5) is 5.69 Å². The van der Waals surface area contributed by atoms with Crippen LogP contribution in [-0.2, 0) is 12.8 Å². The summed E-state index contributed by atoms with van der Waals surface area (Å²) in [5.41, 5.74) is 6.25. The Labute approximate surface area is 109 Å². The number of hydrogen-bond donors (Lipinski definition) is 3. The second-order valence-electron chi connectivity index (χ2n) is 3.79. The van der Waals surface area contributed by atoms with Gasteiger partial charge in [0.2, 0.25) is 0 Å². The zero-order chi connectivity index (χ0) is 12.3. The number of aryl methyl sites for hydroxylation is 2. The first-order valence-electron chi connectivity index (χ1n) is 5.31. The molecule has 0 unspecified atom stereocenters. The van der Waals surface area contributed by atoms with E-state index in [0.29, 0.717) is 12.1 Å². The van der Waals surface area contributed by atoms with Crippen molar-refractivity contribution in [3.05, 3.63) is 62.4 Å². The number of aromatic amines is 2. The lowest BCUT2D eigenvalue weighted by atomic mass is 10.1. The molecule has 0 radical (unpaired) electrons. The number of halogens is 1. The standard InChI is InChI=1S/C12H13N3O2.ClH/c13-10-9(14-12(17)15-11(10)16)7-6-8-4-2-1-3-5-8;/h1-5H,6-7,13H2,(H2,14,15,16,17);1H. The lowest BCUT2D eigenvalue weighted by molar-refractivity contribution is 0.877. The first-order valence-corrected chi connectivity index (χ1v) is 5.31. The van der Waals surface area contributed by atoms with Crippen LogP contribution in [-0.4, -0.2) is 9.97 Å². The van der Waals surface area contributed by atoms with Crippen LogP contribution >= 0.6 is 12.4 Å². The van der Waals surface area contributed by atoms with Crippen molar-refractivity contribution >= 4 is 18.1 Å². The summed E-state index contributed by atoms with van der Waals surface area (Å²) in [6, 6.07) is 9.80. The number of aromatic nitrogens is 2. The highest BCUT2D eigenvalue weighted by atomic mass is 35.5. The quantitative estimate of drug-likeness (QED) is 0.770. The summed E-state index contributed by atoms with van der Waals surface area (Å²) in [5, 5.41) is 0. The largest absolute Gasteiger partial charge is 0.393 e. The van der Waals surface area contributed by atoms with Crippen molar-refractivity contribution in [3.63, 3.8) is 0 Å². The molecule has 6 heteroatoms. The van der Waals surface area contributed by atoms with Gasteiger partial charge in [-0.25, -0.2) is 4.79 Å². The number of nitrogens with one attached hydrogen (secondary N) is 2. The van der Waals surface area contributed by atoms with E-state index >= 15 is 0 Å². The highest BCUT2D eigenvalue weighted by Gasteiger charge is 2.05. The molecule has 96 valence electrons. The zero-order valence-corrected chi connectivity index (χ0v) is 10.4. The SMILES string of the molecule is Cl.Nc1c(CCc2ccccc2)[nH]c(=O)[nH]c1=O. The summed E-state index contributed by atoms with van der Waals surface area (Å²) in [5.74, 6) is 0. The second-order valence-corrected chi connectivity index (χ2v) is 3.79. The number of H-pyrrole nitrogens is 2. The minimum atomic E-state index is -0.531. The molecule has 0 saturated carbocycles. The molecule has 0 spiro atoms.